The molecule has 3 aromatic carbocycles. The van der Waals surface area contributed by atoms with Crippen LogP contribution in [0.2, 0.25) is 5.02 Å². The van der Waals surface area contributed by atoms with E-state index in [9.17, 15) is 14.4 Å². The Morgan fingerprint density at radius 3 is 2.35 bits per heavy atom. The highest BCUT2D eigenvalue weighted by Crippen LogP contribution is 2.36. The second-order valence-corrected chi connectivity index (χ2v) is 12.1. The summed E-state index contributed by atoms with van der Waals surface area (Å²) in [7, 11) is 4.25. The van der Waals surface area contributed by atoms with Gasteiger partial charge in [0, 0.05) is 24.2 Å². The first-order valence-corrected chi connectivity index (χ1v) is 15.8. The Kier molecular flexibility index (Phi) is 9.03. The smallest absolute Gasteiger partial charge is 0.338 e. The summed E-state index contributed by atoms with van der Waals surface area (Å²) in [6.07, 6.45) is 3.59. The standard InChI is InChI=1S/C35H29ClN4O7S/c1-19-30(34(43)46-5)32(22-12-14-27(47-20(2)41)28(16-22)45-4)40-33(42)29(48-35(40)37-19)17-23-18-39(24-9-7-6-8-10-24)38-31(23)21-11-13-26(44-3)25(36)15-21/h6-18,32H,1-5H3/b29-17-. The molecule has 11 nitrogen and oxygen atoms in total. The highest BCUT2D eigenvalue weighted by Gasteiger charge is 2.34. The largest absolute Gasteiger partial charge is 0.495 e. The lowest BCUT2D eigenvalue weighted by atomic mass is 9.95. The van der Waals surface area contributed by atoms with E-state index in [1.54, 1.807) is 55.1 Å². The fourth-order valence-corrected chi connectivity index (χ4v) is 6.78. The highest BCUT2D eigenvalue weighted by atomic mass is 35.5. The van der Waals surface area contributed by atoms with Gasteiger partial charge in [-0.25, -0.2) is 14.5 Å². The number of methoxy groups -OCH3 is 3. The monoisotopic (exact) mass is 684 g/mol. The van der Waals surface area contributed by atoms with Crippen LogP contribution in [0.3, 0.4) is 0 Å². The molecule has 0 fully saturated rings. The first kappa shape index (κ1) is 32.5. The van der Waals surface area contributed by atoms with E-state index in [4.69, 9.17) is 35.6 Å². The Balaban J connectivity index is 1.56. The molecule has 244 valence electrons. The number of benzene rings is 3. The Hall–Kier alpha value is -5.46. The Morgan fingerprint density at radius 1 is 0.958 bits per heavy atom. The molecule has 48 heavy (non-hydrogen) atoms. The van der Waals surface area contributed by atoms with E-state index < -0.39 is 18.0 Å². The minimum Gasteiger partial charge on any atom is -0.495 e. The molecule has 0 N–H and O–H groups in total. The third kappa shape index (κ3) is 6.03. The van der Waals surface area contributed by atoms with Crippen molar-refractivity contribution in [2.75, 3.05) is 21.3 Å². The summed E-state index contributed by atoms with van der Waals surface area (Å²) < 4.78 is 24.8. The second kappa shape index (κ2) is 13.3. The zero-order valence-electron chi connectivity index (χ0n) is 26.5. The van der Waals surface area contributed by atoms with Crippen LogP contribution in [0.5, 0.6) is 17.2 Å². The van der Waals surface area contributed by atoms with Crippen LogP contribution >= 0.6 is 22.9 Å². The maximum absolute atomic E-state index is 14.3. The molecule has 2 aromatic heterocycles. The van der Waals surface area contributed by atoms with E-state index >= 15 is 0 Å². The number of nitrogens with zero attached hydrogens (tertiary/aromatic N) is 4. The molecule has 1 atom stereocenters. The van der Waals surface area contributed by atoms with Crippen LogP contribution in [0.15, 0.2) is 94.0 Å². The predicted octanol–water partition coefficient (Wildman–Crippen LogP) is 4.86. The van der Waals surface area contributed by atoms with Gasteiger partial charge in [-0.3, -0.25) is 14.2 Å². The van der Waals surface area contributed by atoms with Gasteiger partial charge in [0.1, 0.15) is 11.4 Å². The van der Waals surface area contributed by atoms with Crippen LogP contribution < -0.4 is 29.1 Å². The van der Waals surface area contributed by atoms with Gasteiger partial charge >= 0.3 is 11.9 Å². The number of thiazole rings is 1. The molecule has 3 heterocycles. The van der Waals surface area contributed by atoms with Crippen molar-refractivity contribution in [2.45, 2.75) is 19.9 Å². The third-order valence-corrected chi connectivity index (χ3v) is 8.94. The van der Waals surface area contributed by atoms with E-state index in [0.29, 0.717) is 42.6 Å². The van der Waals surface area contributed by atoms with Crippen molar-refractivity contribution in [1.82, 2.24) is 14.3 Å². The lowest BCUT2D eigenvalue weighted by Crippen LogP contribution is -2.39. The zero-order chi connectivity index (χ0) is 34.1. The number of fused-ring (bicyclic) bond motifs is 1. The molecule has 0 radical (unpaired) electrons. The molecular formula is C35H29ClN4O7S. The molecule has 0 spiro atoms. The normalized spacial score (nSPS) is 14.3. The zero-order valence-corrected chi connectivity index (χ0v) is 28.1. The van der Waals surface area contributed by atoms with Crippen LogP contribution in [0.4, 0.5) is 0 Å². The number of carbonyl (C=O) groups excluding carboxylic acids is 2. The molecule has 1 aliphatic heterocycles. The minimum atomic E-state index is -0.914. The summed E-state index contributed by atoms with van der Waals surface area (Å²) in [5.41, 5.74) is 3.50. The topological polar surface area (TPSA) is 123 Å². The minimum absolute atomic E-state index is 0.184. The van der Waals surface area contributed by atoms with E-state index in [2.05, 4.69) is 4.99 Å². The van der Waals surface area contributed by atoms with Crippen LogP contribution in [0.1, 0.15) is 31.0 Å². The van der Waals surface area contributed by atoms with Crippen molar-refractivity contribution in [3.05, 3.63) is 120 Å². The summed E-state index contributed by atoms with van der Waals surface area (Å²) in [6, 6.07) is 18.9. The molecule has 6 rings (SSSR count). The van der Waals surface area contributed by atoms with Gasteiger partial charge < -0.3 is 18.9 Å². The van der Waals surface area contributed by atoms with Gasteiger partial charge in [-0.15, -0.1) is 0 Å². The summed E-state index contributed by atoms with van der Waals surface area (Å²) >= 11 is 7.67. The van der Waals surface area contributed by atoms with Crippen LogP contribution in [-0.4, -0.2) is 47.6 Å². The van der Waals surface area contributed by atoms with E-state index in [1.165, 1.54) is 37.0 Å². The van der Waals surface area contributed by atoms with Crippen LogP contribution in [0, 0.1) is 0 Å². The van der Waals surface area contributed by atoms with E-state index in [0.717, 1.165) is 11.3 Å². The van der Waals surface area contributed by atoms with Gasteiger partial charge in [0.2, 0.25) is 0 Å². The van der Waals surface area contributed by atoms with Crippen molar-refractivity contribution in [2.24, 2.45) is 4.99 Å². The lowest BCUT2D eigenvalue weighted by molar-refractivity contribution is -0.136. The number of hydrogen-bond donors (Lipinski definition) is 0. The number of esters is 2. The molecule has 5 aromatic rings. The van der Waals surface area contributed by atoms with Gasteiger partial charge in [-0.1, -0.05) is 47.2 Å². The van der Waals surface area contributed by atoms with Crippen molar-refractivity contribution in [3.63, 3.8) is 0 Å². The number of hydrogen-bond acceptors (Lipinski definition) is 10. The number of halogens is 1. The molecule has 0 saturated heterocycles. The van der Waals surface area contributed by atoms with Crippen molar-refractivity contribution in [3.8, 4) is 34.2 Å². The number of ether oxygens (including phenoxy) is 4. The van der Waals surface area contributed by atoms with Gasteiger partial charge in [0.05, 0.1) is 53.9 Å². The number of rotatable bonds is 8. The summed E-state index contributed by atoms with van der Waals surface area (Å²) in [6.45, 7) is 2.97. The first-order valence-electron chi connectivity index (χ1n) is 14.6. The summed E-state index contributed by atoms with van der Waals surface area (Å²) in [5, 5.41) is 5.28. The average molecular weight is 685 g/mol. The Morgan fingerprint density at radius 2 is 1.69 bits per heavy atom. The molecule has 0 bridgehead atoms. The predicted molar refractivity (Wildman–Crippen MR) is 181 cm³/mol. The fourth-order valence-electron chi connectivity index (χ4n) is 5.49. The first-order chi connectivity index (χ1) is 23.1. The number of carbonyl (C=O) groups is 2. The van der Waals surface area contributed by atoms with Gasteiger partial charge in [-0.05, 0) is 61.0 Å². The number of allylic oxidation sites excluding steroid dienone is 1. The highest BCUT2D eigenvalue weighted by molar-refractivity contribution is 7.07. The Labute approximate surface area is 283 Å². The quantitative estimate of drug-likeness (QED) is 0.168. The third-order valence-electron chi connectivity index (χ3n) is 7.66. The fraction of sp³-hybridized carbons (Fsp3) is 0.171. The maximum atomic E-state index is 14.3. The van der Waals surface area contributed by atoms with Crippen molar-refractivity contribution < 1.29 is 28.5 Å². The van der Waals surface area contributed by atoms with E-state index in [1.807, 2.05) is 42.6 Å². The summed E-state index contributed by atoms with van der Waals surface area (Å²) in [4.78, 5) is 44.2. The number of aromatic nitrogens is 3. The van der Waals surface area contributed by atoms with Gasteiger partial charge in [0.25, 0.3) is 5.56 Å². The second-order valence-electron chi connectivity index (χ2n) is 10.6. The molecular weight excluding hydrogens is 656 g/mol. The maximum Gasteiger partial charge on any atom is 0.338 e. The average Bonchev–Trinajstić information content (AvgIpc) is 3.64. The Bertz CT molecular complexity index is 2290. The molecule has 1 unspecified atom stereocenters. The molecule has 0 aliphatic carbocycles. The molecule has 0 amide bonds. The van der Waals surface area contributed by atoms with Crippen LogP contribution in [0.25, 0.3) is 23.0 Å². The molecule has 0 saturated carbocycles. The lowest BCUT2D eigenvalue weighted by Gasteiger charge is -2.25. The van der Waals surface area contributed by atoms with E-state index in [-0.39, 0.29) is 22.6 Å². The van der Waals surface area contributed by atoms with Gasteiger partial charge in [0.15, 0.2) is 16.3 Å². The van der Waals surface area contributed by atoms with Gasteiger partial charge in [-0.2, -0.15) is 5.10 Å². The van der Waals surface area contributed by atoms with Crippen molar-refractivity contribution in [1.29, 1.82) is 0 Å². The van der Waals surface area contributed by atoms with Crippen molar-refractivity contribution >= 4 is 41.0 Å². The number of para-hydroxylation sites is 1. The SMILES string of the molecule is COC(=O)C1=C(C)N=c2s/c(=C\c3cn(-c4ccccc4)nc3-c3ccc(OC)c(Cl)c3)c(=O)n2C1c1ccc(OC(C)=O)c(OC)c1. The summed E-state index contributed by atoms with van der Waals surface area (Å²) in [5.74, 6) is -0.191. The molecule has 1 aliphatic rings. The molecule has 13 heteroatoms. The van der Waals surface area contributed by atoms with Crippen LogP contribution in [-0.2, 0) is 14.3 Å².